The first-order chi connectivity index (χ1) is 2.77. The summed E-state index contributed by atoms with van der Waals surface area (Å²) < 4.78 is 0. The van der Waals surface area contributed by atoms with Crippen LogP contribution in [0.4, 0.5) is 0 Å². The molecule has 1 radical (unpaired) electrons. The zero-order chi connectivity index (χ0) is 4.99. The third-order valence-corrected chi connectivity index (χ3v) is 0.605. The number of hydrogen-bond acceptors (Lipinski definition) is 1. The number of rotatable bonds is 2. The molecule has 0 aliphatic heterocycles. The molecule has 0 atom stereocenters. The molecule has 0 unspecified atom stereocenters. The fourth-order valence-corrected chi connectivity index (χ4v) is 0.382. The average molecular weight is 175 g/mol. The van der Waals surface area contributed by atoms with Gasteiger partial charge in [-0.05, 0) is 20.0 Å². The van der Waals surface area contributed by atoms with Gasteiger partial charge < -0.3 is 4.90 Å². The van der Waals surface area contributed by atoms with E-state index in [4.69, 9.17) is 0 Å². The van der Waals surface area contributed by atoms with Gasteiger partial charge in [-0.2, -0.15) is 0 Å². The van der Waals surface area contributed by atoms with Crippen molar-refractivity contribution in [1.82, 2.24) is 4.90 Å². The van der Waals surface area contributed by atoms with Gasteiger partial charge in [0, 0.05) is 32.7 Å². The third-order valence-electron chi connectivity index (χ3n) is 0.605. The van der Waals surface area contributed by atoms with Gasteiger partial charge in [-0.1, -0.05) is 6.92 Å². The molecule has 0 aromatic carbocycles. The second-order valence-electron chi connectivity index (χ2n) is 1.58. The zero-order valence-corrected chi connectivity index (χ0v) is 7.98. The molecule has 0 saturated carbocycles. The Hall–Kier alpha value is 1.06. The molecule has 1 nitrogen and oxygen atoms in total. The van der Waals surface area contributed by atoms with Crippen LogP contribution in [-0.4, -0.2) is 18.5 Å². The molecule has 0 aromatic heterocycles. The number of nitrogens with zero attached hydrogens (tertiary/aromatic N) is 1. The third kappa shape index (κ3) is 11.0. The van der Waals surface area contributed by atoms with E-state index in [9.17, 15) is 0 Å². The van der Waals surface area contributed by atoms with Gasteiger partial charge in [0.1, 0.15) is 0 Å². The first-order valence-corrected chi connectivity index (χ1v) is 2.29. The van der Waals surface area contributed by atoms with E-state index in [1.165, 1.54) is 6.42 Å². The molecule has 0 heterocycles. The van der Waals surface area contributed by atoms with Gasteiger partial charge in [0.2, 0.25) is 0 Å². The van der Waals surface area contributed by atoms with E-state index in [1.807, 2.05) is 11.9 Å². The Bertz CT molecular complexity index is 29.3. The minimum absolute atomic E-state index is 0. The van der Waals surface area contributed by atoms with Crippen molar-refractivity contribution in [1.29, 1.82) is 0 Å². The van der Waals surface area contributed by atoms with Crippen LogP contribution in [0.15, 0.2) is 0 Å². The van der Waals surface area contributed by atoms with Crippen LogP contribution in [0.1, 0.15) is 13.3 Å². The van der Waals surface area contributed by atoms with Gasteiger partial charge in [-0.25, -0.2) is 0 Å². The smallest absolute Gasteiger partial charge is 0 e. The van der Waals surface area contributed by atoms with Crippen LogP contribution in [-0.2, 0) is 32.7 Å². The van der Waals surface area contributed by atoms with Crippen LogP contribution in [0.5, 0.6) is 0 Å². The minimum Gasteiger partial charge on any atom is -0.462 e. The summed E-state index contributed by atoms with van der Waals surface area (Å²) in [7, 11) is 5.64. The zero-order valence-electron chi connectivity index (χ0n) is 5.15. The maximum absolute atomic E-state index is 3.66. The molecule has 7 heavy (non-hydrogen) atoms. The molecule has 0 bridgehead atoms. The van der Waals surface area contributed by atoms with E-state index < -0.39 is 0 Å². The fourth-order valence-electron chi connectivity index (χ4n) is 0.382. The molecule has 41 valence electrons. The Morgan fingerprint density at radius 3 is 2.00 bits per heavy atom. The maximum Gasteiger partial charge on any atom is 0 e. The summed E-state index contributed by atoms with van der Waals surface area (Å²) in [6.45, 7) is 3.24. The van der Waals surface area contributed by atoms with Crippen molar-refractivity contribution in [2.75, 3.05) is 13.6 Å². The molecular formula is C5H12NY-. The van der Waals surface area contributed by atoms with Crippen molar-refractivity contribution < 1.29 is 32.7 Å². The summed E-state index contributed by atoms with van der Waals surface area (Å²) in [5.74, 6) is 0. The Morgan fingerprint density at radius 2 is 2.00 bits per heavy atom. The summed E-state index contributed by atoms with van der Waals surface area (Å²) in [6.07, 6.45) is 1.19. The van der Waals surface area contributed by atoms with Gasteiger partial charge in [0.15, 0.2) is 0 Å². The van der Waals surface area contributed by atoms with E-state index in [2.05, 4.69) is 14.0 Å². The number of hydrogen-bond donors (Lipinski definition) is 0. The van der Waals surface area contributed by atoms with Crippen LogP contribution >= 0.6 is 0 Å². The van der Waals surface area contributed by atoms with Gasteiger partial charge in [-0.3, -0.25) is 7.05 Å². The molecule has 0 spiro atoms. The predicted molar refractivity (Wildman–Crippen MR) is 28.3 cm³/mol. The van der Waals surface area contributed by atoms with Crippen molar-refractivity contribution in [2.24, 2.45) is 0 Å². The van der Waals surface area contributed by atoms with E-state index in [-0.39, 0.29) is 32.7 Å². The topological polar surface area (TPSA) is 3.24 Å². The van der Waals surface area contributed by atoms with E-state index in [1.54, 1.807) is 0 Å². The van der Waals surface area contributed by atoms with E-state index in [0.717, 1.165) is 6.54 Å². The van der Waals surface area contributed by atoms with Gasteiger partial charge in [0.05, 0.1) is 0 Å². The average Bonchev–Trinajstić information content (AvgIpc) is 1.35. The van der Waals surface area contributed by atoms with Gasteiger partial charge in [-0.15, -0.1) is 0 Å². The monoisotopic (exact) mass is 175 g/mol. The largest absolute Gasteiger partial charge is 0.462 e. The molecule has 0 N–H and O–H groups in total. The first-order valence-electron chi connectivity index (χ1n) is 2.29. The Balaban J connectivity index is 0. The summed E-state index contributed by atoms with van der Waals surface area (Å²) in [5.41, 5.74) is 0. The molecule has 0 saturated heterocycles. The van der Waals surface area contributed by atoms with Crippen LogP contribution in [0.3, 0.4) is 0 Å². The molecular weight excluding hydrogens is 163 g/mol. The fraction of sp³-hybridized carbons (Fsp3) is 0.800. The van der Waals surface area contributed by atoms with Crippen LogP contribution in [0.25, 0.3) is 0 Å². The maximum atomic E-state index is 3.66. The second-order valence-corrected chi connectivity index (χ2v) is 1.58. The Kier molecular flexibility index (Phi) is 11.0. The van der Waals surface area contributed by atoms with Gasteiger partial charge in [0.25, 0.3) is 0 Å². The van der Waals surface area contributed by atoms with Crippen molar-refractivity contribution >= 4 is 0 Å². The predicted octanol–water partition coefficient (Wildman–Crippen LogP) is 1.12. The van der Waals surface area contributed by atoms with Crippen molar-refractivity contribution in [3.8, 4) is 0 Å². The molecule has 0 fully saturated rings. The standard InChI is InChI=1S/C5H12N.Y/c1-4-5-6(2)3;/h2,4-5H2,1,3H3;/q-1;. The van der Waals surface area contributed by atoms with E-state index >= 15 is 0 Å². The van der Waals surface area contributed by atoms with E-state index in [0.29, 0.717) is 0 Å². The summed E-state index contributed by atoms with van der Waals surface area (Å²) in [4.78, 5) is 1.93. The minimum atomic E-state index is 0. The molecule has 0 amide bonds. The molecule has 0 aromatic rings. The quantitative estimate of drug-likeness (QED) is 0.568. The summed E-state index contributed by atoms with van der Waals surface area (Å²) >= 11 is 0. The normalized spacial score (nSPS) is 8.57. The van der Waals surface area contributed by atoms with Crippen molar-refractivity contribution in [3.05, 3.63) is 7.05 Å². The molecule has 0 aliphatic carbocycles. The van der Waals surface area contributed by atoms with Crippen molar-refractivity contribution in [2.45, 2.75) is 13.3 Å². The van der Waals surface area contributed by atoms with Crippen LogP contribution in [0.2, 0.25) is 0 Å². The molecule has 2 heteroatoms. The Labute approximate surface area is 71.3 Å². The summed E-state index contributed by atoms with van der Waals surface area (Å²) in [5, 5.41) is 0. The van der Waals surface area contributed by atoms with Gasteiger partial charge >= 0.3 is 0 Å². The van der Waals surface area contributed by atoms with Crippen LogP contribution < -0.4 is 0 Å². The second kappa shape index (κ2) is 7.06. The molecule has 0 aliphatic rings. The molecule has 0 rings (SSSR count). The SMILES string of the molecule is [CH2-]N(C)CCC.[Y]. The van der Waals surface area contributed by atoms with Crippen molar-refractivity contribution in [3.63, 3.8) is 0 Å². The first kappa shape index (κ1) is 10.9. The summed E-state index contributed by atoms with van der Waals surface area (Å²) in [6, 6.07) is 0. The Morgan fingerprint density at radius 1 is 1.57 bits per heavy atom. The van der Waals surface area contributed by atoms with Crippen LogP contribution in [0, 0.1) is 7.05 Å².